The maximum Gasteiger partial charge on any atom is 0.160 e. The lowest BCUT2D eigenvalue weighted by Crippen LogP contribution is -2.64. The van der Waals surface area contributed by atoms with Gasteiger partial charge in [-0.2, -0.15) is 0 Å². The first-order valence-electron chi connectivity index (χ1n) is 8.70. The summed E-state index contributed by atoms with van der Waals surface area (Å²) >= 11 is 0. The smallest absolute Gasteiger partial charge is 0.160 e. The fourth-order valence-electron chi connectivity index (χ4n) is 3.46. The molecule has 0 atom stereocenters. The molecule has 0 radical (unpaired) electrons. The van der Waals surface area contributed by atoms with Gasteiger partial charge in [-0.05, 0) is 45.9 Å². The summed E-state index contributed by atoms with van der Waals surface area (Å²) in [5.41, 5.74) is 0. The minimum absolute atomic E-state index is 0.149. The summed E-state index contributed by atoms with van der Waals surface area (Å²) in [6.07, 6.45) is 0. The molecule has 4 nitrogen and oxygen atoms in total. The highest BCUT2D eigenvalue weighted by atomic mass is 28.3. The summed E-state index contributed by atoms with van der Waals surface area (Å²) in [5, 5.41) is 13.8. The van der Waals surface area contributed by atoms with Gasteiger partial charge in [-0.15, -0.1) is 0 Å². The lowest BCUT2D eigenvalue weighted by molar-refractivity contribution is 0.376. The highest BCUT2D eigenvalue weighted by Gasteiger charge is 2.37. The van der Waals surface area contributed by atoms with E-state index in [1.54, 1.807) is 27.4 Å². The second-order valence-electron chi connectivity index (χ2n) is 6.44. The molecule has 0 aromatic heterocycles. The predicted octanol–water partition coefficient (Wildman–Crippen LogP) is 2.52. The third kappa shape index (κ3) is 3.38. The van der Waals surface area contributed by atoms with Crippen molar-refractivity contribution in [2.24, 2.45) is 0 Å². The highest BCUT2D eigenvalue weighted by Crippen LogP contribution is 2.26. The fourth-order valence-corrected chi connectivity index (χ4v) is 7.20. The molecule has 0 aliphatic heterocycles. The zero-order valence-corrected chi connectivity index (χ0v) is 17.0. The van der Waals surface area contributed by atoms with Crippen molar-refractivity contribution >= 4 is 23.6 Å². The third-order valence-electron chi connectivity index (χ3n) is 5.07. The Kier molecular flexibility index (Phi) is 5.42. The van der Waals surface area contributed by atoms with E-state index in [1.165, 1.54) is 10.4 Å². The molecule has 0 saturated carbocycles. The van der Waals surface area contributed by atoms with E-state index >= 15 is 0 Å². The van der Waals surface area contributed by atoms with Crippen molar-refractivity contribution in [1.82, 2.24) is 0 Å². The molecule has 0 spiro atoms. The van der Waals surface area contributed by atoms with Gasteiger partial charge in [-0.25, -0.2) is 0 Å². The van der Waals surface area contributed by atoms with Gasteiger partial charge in [0.15, 0.2) is 11.5 Å². The van der Waals surface area contributed by atoms with Crippen LogP contribution < -0.4 is 29.8 Å². The quantitative estimate of drug-likeness (QED) is 0.527. The van der Waals surface area contributed by atoms with Crippen molar-refractivity contribution in [3.8, 4) is 23.0 Å². The van der Waals surface area contributed by atoms with Crippen LogP contribution in [0.15, 0.2) is 66.7 Å². The molecule has 0 bridgehead atoms. The molecular weight excluding hydrogens is 356 g/mol. The maximum absolute atomic E-state index is 10.4. The average molecular weight is 381 g/mol. The van der Waals surface area contributed by atoms with Gasteiger partial charge in [-0.3, -0.25) is 0 Å². The van der Waals surface area contributed by atoms with Crippen molar-refractivity contribution in [3.63, 3.8) is 0 Å². The molecule has 140 valence electrons. The van der Waals surface area contributed by atoms with Crippen molar-refractivity contribution in [1.29, 1.82) is 0 Å². The van der Waals surface area contributed by atoms with E-state index in [0.717, 1.165) is 16.7 Å². The van der Waals surface area contributed by atoms with Crippen LogP contribution in [0.4, 0.5) is 0 Å². The van der Waals surface area contributed by atoms with Gasteiger partial charge in [0.25, 0.3) is 0 Å². The Bertz CT molecular complexity index is 857. The summed E-state index contributed by atoms with van der Waals surface area (Å²) < 4.78 is 16.2. The van der Waals surface area contributed by atoms with Crippen molar-refractivity contribution < 1.29 is 19.3 Å². The lowest BCUT2D eigenvalue weighted by Gasteiger charge is -2.31. The number of aromatic hydroxyl groups is 1. The first kappa shape index (κ1) is 18.9. The van der Waals surface area contributed by atoms with E-state index < -0.39 is 8.07 Å². The summed E-state index contributed by atoms with van der Waals surface area (Å²) in [4.78, 5) is 0. The topological polar surface area (TPSA) is 47.9 Å². The molecule has 0 heterocycles. The van der Waals surface area contributed by atoms with Gasteiger partial charge in [0.1, 0.15) is 19.6 Å². The van der Waals surface area contributed by atoms with Crippen LogP contribution in [0.25, 0.3) is 0 Å². The van der Waals surface area contributed by atoms with Crippen LogP contribution in [0.3, 0.4) is 0 Å². The normalized spacial score (nSPS) is 11.1. The number of benzene rings is 3. The fraction of sp³-hybridized carbons (Fsp3) is 0.182. The Morgan fingerprint density at radius 2 is 1.15 bits per heavy atom. The van der Waals surface area contributed by atoms with E-state index in [-0.39, 0.29) is 5.75 Å². The van der Waals surface area contributed by atoms with Crippen LogP contribution in [0, 0.1) is 0 Å². The van der Waals surface area contributed by atoms with Gasteiger partial charge in [0.2, 0.25) is 0 Å². The van der Waals surface area contributed by atoms with Crippen LogP contribution >= 0.6 is 0 Å². The monoisotopic (exact) mass is 380 g/mol. The van der Waals surface area contributed by atoms with Crippen LogP contribution in [-0.4, -0.2) is 34.5 Å². The van der Waals surface area contributed by atoms with Crippen molar-refractivity contribution in [2.75, 3.05) is 21.3 Å². The summed E-state index contributed by atoms with van der Waals surface area (Å²) in [6, 6.07) is 21.8. The molecule has 0 aliphatic carbocycles. The van der Waals surface area contributed by atoms with Crippen LogP contribution in [0.1, 0.15) is 0 Å². The maximum atomic E-state index is 10.4. The Morgan fingerprint density at radius 3 is 1.56 bits per heavy atom. The molecule has 3 aromatic rings. The Hall–Kier alpha value is -2.92. The number of ether oxygens (including phenoxy) is 3. The zero-order chi connectivity index (χ0) is 19.4. The van der Waals surface area contributed by atoms with Gasteiger partial charge < -0.3 is 19.3 Å². The van der Waals surface area contributed by atoms with Crippen LogP contribution in [0.2, 0.25) is 6.55 Å². The lowest BCUT2D eigenvalue weighted by atomic mass is 10.3. The van der Waals surface area contributed by atoms with E-state index in [1.807, 2.05) is 36.4 Å². The minimum atomic E-state index is -2.44. The molecule has 3 rings (SSSR count). The van der Waals surface area contributed by atoms with Gasteiger partial charge in [0, 0.05) is 0 Å². The first-order chi connectivity index (χ1) is 13.0. The molecule has 0 unspecified atom stereocenters. The largest absolute Gasteiger partial charge is 0.504 e. The number of para-hydroxylation sites is 1. The average Bonchev–Trinajstić information content (AvgIpc) is 2.73. The summed E-state index contributed by atoms with van der Waals surface area (Å²) in [6.45, 7) is 2.26. The van der Waals surface area contributed by atoms with Crippen molar-refractivity contribution in [2.45, 2.75) is 6.55 Å². The number of methoxy groups -OCH3 is 3. The molecule has 0 saturated heterocycles. The Morgan fingerprint density at radius 1 is 0.667 bits per heavy atom. The van der Waals surface area contributed by atoms with Crippen LogP contribution in [-0.2, 0) is 0 Å². The summed E-state index contributed by atoms with van der Waals surface area (Å²) in [5.74, 6) is 2.30. The second-order valence-corrected chi connectivity index (χ2v) is 10.4. The second kappa shape index (κ2) is 7.76. The van der Waals surface area contributed by atoms with E-state index in [9.17, 15) is 5.11 Å². The number of rotatable bonds is 6. The molecular formula is C22H24O4Si. The van der Waals surface area contributed by atoms with Gasteiger partial charge in [0.05, 0.1) is 21.3 Å². The predicted molar refractivity (Wildman–Crippen MR) is 111 cm³/mol. The van der Waals surface area contributed by atoms with Crippen LogP contribution in [0.5, 0.6) is 23.0 Å². The minimum Gasteiger partial charge on any atom is -0.504 e. The molecule has 3 aromatic carbocycles. The highest BCUT2D eigenvalue weighted by molar-refractivity contribution is 7.11. The number of phenols is 1. The molecule has 5 heteroatoms. The van der Waals surface area contributed by atoms with E-state index in [4.69, 9.17) is 14.2 Å². The standard InChI is InChI=1S/C22H24O4Si/c1-24-16-8-12-18(13-9-16)27(4,19-14-10-17(25-2)11-15-19)21-7-5-6-20(23)22(21)26-3/h5-15,23H,1-4H3. The van der Waals surface area contributed by atoms with E-state index in [2.05, 4.69) is 30.8 Å². The zero-order valence-electron chi connectivity index (χ0n) is 16.0. The third-order valence-corrected chi connectivity index (χ3v) is 9.52. The molecule has 0 amide bonds. The SMILES string of the molecule is COc1ccc([Si](C)(c2ccc(OC)cc2)c2cccc(O)c2OC)cc1. The number of hydrogen-bond donors (Lipinski definition) is 1. The van der Waals surface area contributed by atoms with Gasteiger partial charge >= 0.3 is 0 Å². The van der Waals surface area contributed by atoms with Gasteiger partial charge in [-0.1, -0.05) is 42.9 Å². The number of phenolic OH excluding ortho intramolecular Hbond substituents is 1. The molecule has 0 aliphatic rings. The Balaban J connectivity index is 2.26. The first-order valence-corrected chi connectivity index (χ1v) is 11.2. The number of hydrogen-bond acceptors (Lipinski definition) is 4. The molecule has 27 heavy (non-hydrogen) atoms. The summed E-state index contributed by atoms with van der Waals surface area (Å²) in [7, 11) is 2.47. The molecule has 0 fully saturated rings. The van der Waals surface area contributed by atoms with Crippen molar-refractivity contribution in [3.05, 3.63) is 66.7 Å². The van der Waals surface area contributed by atoms with E-state index in [0.29, 0.717) is 5.75 Å². The Labute approximate surface area is 161 Å². The molecule has 1 N–H and O–H groups in total.